The summed E-state index contributed by atoms with van der Waals surface area (Å²) in [6.45, 7) is 1.92. The van der Waals surface area contributed by atoms with Gasteiger partial charge in [0.2, 0.25) is 16.1 Å². The summed E-state index contributed by atoms with van der Waals surface area (Å²) in [6, 6.07) is 5.84. The summed E-state index contributed by atoms with van der Waals surface area (Å²) in [5.41, 5.74) is -0.0367. The summed E-state index contributed by atoms with van der Waals surface area (Å²) in [6.07, 6.45) is -0.346. The highest BCUT2D eigenvalue weighted by Gasteiger charge is 2.39. The predicted octanol–water partition coefficient (Wildman–Crippen LogP) is 1.12. The summed E-state index contributed by atoms with van der Waals surface area (Å²) in [5.74, 6) is -2.31. The number of esters is 3. The molecule has 2 atom stereocenters. The smallest absolute Gasteiger partial charge is 0.347 e. The number of sulfonamides is 1. The van der Waals surface area contributed by atoms with Crippen LogP contribution in [-0.4, -0.2) is 63.0 Å². The topological polar surface area (TPSA) is 116 Å². The Kier molecular flexibility index (Phi) is 6.23. The second-order valence-corrected chi connectivity index (χ2v) is 8.98. The van der Waals surface area contributed by atoms with Crippen molar-refractivity contribution in [1.29, 1.82) is 0 Å². The number of carbonyl (C=O) groups excluding carboxylic acids is 3. The average Bonchev–Trinajstić information content (AvgIpc) is 3.04. The van der Waals surface area contributed by atoms with E-state index in [9.17, 15) is 22.8 Å². The fraction of sp³-hybridized carbons (Fsp3) is 0.526. The fourth-order valence-electron chi connectivity index (χ4n) is 3.49. The molecule has 0 radical (unpaired) electrons. The van der Waals surface area contributed by atoms with Gasteiger partial charge in [0.25, 0.3) is 0 Å². The number of ether oxygens (including phenoxy) is 3. The normalized spacial score (nSPS) is 23.4. The van der Waals surface area contributed by atoms with Crippen molar-refractivity contribution in [2.75, 3.05) is 20.2 Å². The molecule has 1 aromatic carbocycles. The Morgan fingerprint density at radius 3 is 2.41 bits per heavy atom. The molecule has 2 heterocycles. The summed E-state index contributed by atoms with van der Waals surface area (Å²) in [7, 11) is -2.74. The summed E-state index contributed by atoms with van der Waals surface area (Å²) in [5, 5.41) is 0. The minimum Gasteiger partial charge on any atom is -0.465 e. The highest BCUT2D eigenvalue weighted by molar-refractivity contribution is 7.89. The van der Waals surface area contributed by atoms with Crippen molar-refractivity contribution in [2.24, 2.45) is 5.92 Å². The fourth-order valence-corrected chi connectivity index (χ4v) is 5.14. The molecule has 3 rings (SSSR count). The van der Waals surface area contributed by atoms with Gasteiger partial charge in [-0.05, 0) is 31.9 Å². The number of nitrogens with zero attached hydrogens (tertiary/aromatic N) is 1. The predicted molar refractivity (Wildman–Crippen MR) is 99.3 cm³/mol. The van der Waals surface area contributed by atoms with Gasteiger partial charge in [0, 0.05) is 19.5 Å². The van der Waals surface area contributed by atoms with Crippen LogP contribution < -0.4 is 0 Å². The van der Waals surface area contributed by atoms with Gasteiger partial charge in [-0.1, -0.05) is 12.1 Å². The second-order valence-electron chi connectivity index (χ2n) is 7.07. The second kappa shape index (κ2) is 8.50. The van der Waals surface area contributed by atoms with E-state index in [1.807, 2.05) is 0 Å². The maximum absolute atomic E-state index is 13.0. The third kappa shape index (κ3) is 4.43. The standard InChI is InChI=1S/C19H23NO8S/c1-12-11-15(19(23)27-12)28-17(21)13-7-9-20(10-8-13)29(24,25)16-6-4-3-5-14(16)18(22)26-2/h3-6,12-13,15H,7-11H2,1-2H3. The zero-order chi connectivity index (χ0) is 21.2. The maximum Gasteiger partial charge on any atom is 0.347 e. The first-order chi connectivity index (χ1) is 13.7. The van der Waals surface area contributed by atoms with Crippen LogP contribution in [0.25, 0.3) is 0 Å². The Labute approximate surface area is 169 Å². The van der Waals surface area contributed by atoms with Crippen LogP contribution in [0.15, 0.2) is 29.2 Å². The van der Waals surface area contributed by atoms with E-state index in [0.29, 0.717) is 6.42 Å². The molecule has 158 valence electrons. The van der Waals surface area contributed by atoms with E-state index in [0.717, 1.165) is 0 Å². The Balaban J connectivity index is 1.65. The number of piperidine rings is 1. The molecule has 0 spiro atoms. The highest BCUT2D eigenvalue weighted by Crippen LogP contribution is 2.28. The SMILES string of the molecule is COC(=O)c1ccccc1S(=O)(=O)N1CCC(C(=O)OC2CC(C)OC2=O)CC1. The molecule has 0 amide bonds. The number of cyclic esters (lactones) is 1. The lowest BCUT2D eigenvalue weighted by Crippen LogP contribution is -2.41. The van der Waals surface area contributed by atoms with E-state index in [1.54, 1.807) is 13.0 Å². The first-order valence-corrected chi connectivity index (χ1v) is 10.8. The van der Waals surface area contributed by atoms with Gasteiger partial charge in [-0.25, -0.2) is 18.0 Å². The van der Waals surface area contributed by atoms with Gasteiger partial charge >= 0.3 is 17.9 Å². The molecule has 0 saturated carbocycles. The van der Waals surface area contributed by atoms with Crippen LogP contribution >= 0.6 is 0 Å². The highest BCUT2D eigenvalue weighted by atomic mass is 32.2. The van der Waals surface area contributed by atoms with Crippen LogP contribution in [-0.2, 0) is 33.8 Å². The summed E-state index contributed by atoms with van der Waals surface area (Å²) >= 11 is 0. The number of carbonyl (C=O) groups is 3. The molecule has 2 saturated heterocycles. The van der Waals surface area contributed by atoms with Gasteiger partial charge in [-0.2, -0.15) is 4.31 Å². The molecule has 1 aromatic rings. The van der Waals surface area contributed by atoms with Crippen molar-refractivity contribution in [1.82, 2.24) is 4.31 Å². The van der Waals surface area contributed by atoms with Crippen molar-refractivity contribution in [3.05, 3.63) is 29.8 Å². The minimum absolute atomic E-state index is 0.0367. The molecule has 2 aliphatic heterocycles. The van der Waals surface area contributed by atoms with E-state index >= 15 is 0 Å². The minimum atomic E-state index is -3.93. The zero-order valence-electron chi connectivity index (χ0n) is 16.2. The van der Waals surface area contributed by atoms with Crippen molar-refractivity contribution in [2.45, 2.75) is 43.3 Å². The third-order valence-electron chi connectivity index (χ3n) is 5.08. The molecule has 10 heteroatoms. The van der Waals surface area contributed by atoms with Crippen LogP contribution in [0, 0.1) is 5.92 Å². The molecule has 0 aliphatic carbocycles. The molecule has 0 N–H and O–H groups in total. The van der Waals surface area contributed by atoms with Gasteiger partial charge in [-0.3, -0.25) is 4.79 Å². The van der Waals surface area contributed by atoms with Crippen LogP contribution in [0.3, 0.4) is 0 Å². The zero-order valence-corrected chi connectivity index (χ0v) is 17.0. The average molecular weight is 425 g/mol. The van der Waals surface area contributed by atoms with Gasteiger partial charge in [0.05, 0.1) is 23.5 Å². The molecular weight excluding hydrogens is 402 g/mol. The lowest BCUT2D eigenvalue weighted by molar-refractivity contribution is -0.164. The molecular formula is C19H23NO8S. The molecule has 2 unspecified atom stereocenters. The number of hydrogen-bond donors (Lipinski definition) is 0. The van der Waals surface area contributed by atoms with Crippen molar-refractivity contribution in [3.63, 3.8) is 0 Å². The largest absolute Gasteiger partial charge is 0.465 e. The molecule has 0 aromatic heterocycles. The van der Waals surface area contributed by atoms with Crippen LogP contribution in [0.2, 0.25) is 0 Å². The molecule has 29 heavy (non-hydrogen) atoms. The van der Waals surface area contributed by atoms with Crippen LogP contribution in [0.5, 0.6) is 0 Å². The van der Waals surface area contributed by atoms with E-state index in [4.69, 9.17) is 9.47 Å². The van der Waals surface area contributed by atoms with Gasteiger partial charge in [-0.15, -0.1) is 0 Å². The molecule has 2 aliphatic rings. The Morgan fingerprint density at radius 2 is 1.83 bits per heavy atom. The monoisotopic (exact) mass is 425 g/mol. The summed E-state index contributed by atoms with van der Waals surface area (Å²) < 4.78 is 42.1. The van der Waals surface area contributed by atoms with Gasteiger partial charge in [0.15, 0.2) is 0 Å². The number of benzene rings is 1. The van der Waals surface area contributed by atoms with E-state index in [1.165, 1.54) is 29.6 Å². The quantitative estimate of drug-likeness (QED) is 0.509. The maximum atomic E-state index is 13.0. The number of methoxy groups -OCH3 is 1. The number of hydrogen-bond acceptors (Lipinski definition) is 8. The van der Waals surface area contributed by atoms with Gasteiger partial charge in [0.1, 0.15) is 6.10 Å². The Bertz CT molecular complexity index is 905. The van der Waals surface area contributed by atoms with Crippen molar-refractivity contribution < 1.29 is 37.0 Å². The first-order valence-electron chi connectivity index (χ1n) is 9.32. The van der Waals surface area contributed by atoms with E-state index < -0.39 is 40.0 Å². The van der Waals surface area contributed by atoms with Crippen molar-refractivity contribution >= 4 is 27.9 Å². The van der Waals surface area contributed by atoms with Crippen LogP contribution in [0.4, 0.5) is 0 Å². The number of rotatable bonds is 5. The van der Waals surface area contributed by atoms with E-state index in [2.05, 4.69) is 4.74 Å². The van der Waals surface area contributed by atoms with E-state index in [-0.39, 0.29) is 42.5 Å². The molecule has 2 fully saturated rings. The Morgan fingerprint density at radius 1 is 1.17 bits per heavy atom. The third-order valence-corrected chi connectivity index (χ3v) is 7.04. The summed E-state index contributed by atoms with van der Waals surface area (Å²) in [4.78, 5) is 35.8. The molecule has 0 bridgehead atoms. The first kappa shape index (κ1) is 21.3. The lowest BCUT2D eigenvalue weighted by Gasteiger charge is -2.30. The lowest BCUT2D eigenvalue weighted by atomic mass is 9.98. The van der Waals surface area contributed by atoms with Gasteiger partial charge < -0.3 is 14.2 Å². The van der Waals surface area contributed by atoms with Crippen LogP contribution in [0.1, 0.15) is 36.5 Å². The molecule has 9 nitrogen and oxygen atoms in total. The Hall–Kier alpha value is -2.46. The van der Waals surface area contributed by atoms with Crippen molar-refractivity contribution in [3.8, 4) is 0 Å².